The number of hydrogen-bond donors (Lipinski definition) is 0. The molecule has 3 aliphatic rings. The van der Waals surface area contributed by atoms with Crippen molar-refractivity contribution in [1.82, 2.24) is 9.21 Å². The van der Waals surface area contributed by atoms with Crippen LogP contribution in [0.1, 0.15) is 32.1 Å². The van der Waals surface area contributed by atoms with Crippen molar-refractivity contribution in [2.75, 3.05) is 26.2 Å². The van der Waals surface area contributed by atoms with Gasteiger partial charge in [-0.1, -0.05) is 6.42 Å². The zero-order valence-corrected chi connectivity index (χ0v) is 15.4. The number of sulfonamides is 1. The zero-order valence-electron chi connectivity index (χ0n) is 14.6. The smallest absolute Gasteiger partial charge is 0.387 e. The third-order valence-electron chi connectivity index (χ3n) is 6.12. The van der Waals surface area contributed by atoms with E-state index in [-0.39, 0.29) is 10.6 Å². The van der Waals surface area contributed by atoms with Gasteiger partial charge in [-0.3, -0.25) is 4.90 Å². The molecule has 1 spiro atoms. The second-order valence-corrected chi connectivity index (χ2v) is 9.68. The first-order valence-corrected chi connectivity index (χ1v) is 10.6. The summed E-state index contributed by atoms with van der Waals surface area (Å²) in [6.45, 7) is 0.445. The second-order valence-electron chi connectivity index (χ2n) is 7.74. The molecule has 3 fully saturated rings. The predicted molar refractivity (Wildman–Crippen MR) is 92.7 cm³/mol. The van der Waals surface area contributed by atoms with Gasteiger partial charge in [-0.15, -0.1) is 0 Å². The molecule has 1 aromatic rings. The Bertz CT molecular complexity index is 734. The molecule has 1 saturated carbocycles. The average molecular weight is 386 g/mol. The maximum Gasteiger partial charge on any atom is 0.387 e. The van der Waals surface area contributed by atoms with Gasteiger partial charge in [0, 0.05) is 32.2 Å². The summed E-state index contributed by atoms with van der Waals surface area (Å²) in [5, 5.41) is 0. The van der Waals surface area contributed by atoms with Crippen LogP contribution in [0.3, 0.4) is 0 Å². The predicted octanol–water partition coefficient (Wildman–Crippen LogP) is 2.93. The lowest BCUT2D eigenvalue weighted by Gasteiger charge is -2.59. The van der Waals surface area contributed by atoms with Crippen LogP contribution in [-0.4, -0.2) is 56.5 Å². The van der Waals surface area contributed by atoms with Crippen molar-refractivity contribution >= 4 is 10.0 Å². The molecule has 0 amide bonds. The topological polar surface area (TPSA) is 49.9 Å². The molecule has 1 aromatic carbocycles. The molecule has 4 rings (SSSR count). The normalized spacial score (nSPS) is 24.4. The molecule has 2 saturated heterocycles. The van der Waals surface area contributed by atoms with E-state index in [0.717, 1.165) is 12.8 Å². The third kappa shape index (κ3) is 3.34. The van der Waals surface area contributed by atoms with Gasteiger partial charge in [0.1, 0.15) is 5.75 Å². The summed E-state index contributed by atoms with van der Waals surface area (Å²) in [4.78, 5) is 2.63. The molecule has 2 heterocycles. The Balaban J connectivity index is 1.34. The summed E-state index contributed by atoms with van der Waals surface area (Å²) in [5.74, 6) is -0.0413. The van der Waals surface area contributed by atoms with Crippen molar-refractivity contribution in [3.63, 3.8) is 0 Å². The highest BCUT2D eigenvalue weighted by Gasteiger charge is 2.49. The van der Waals surface area contributed by atoms with E-state index in [2.05, 4.69) is 9.64 Å². The highest BCUT2D eigenvalue weighted by Crippen LogP contribution is 2.49. The first-order chi connectivity index (χ1) is 12.4. The largest absolute Gasteiger partial charge is 0.435 e. The summed E-state index contributed by atoms with van der Waals surface area (Å²) in [6.07, 6.45) is 5.75. The fourth-order valence-corrected chi connectivity index (χ4v) is 5.93. The maximum atomic E-state index is 12.8. The van der Waals surface area contributed by atoms with Crippen LogP contribution in [0.15, 0.2) is 29.2 Å². The molecule has 8 heteroatoms. The number of rotatable bonds is 5. The van der Waals surface area contributed by atoms with Crippen molar-refractivity contribution in [2.24, 2.45) is 5.41 Å². The fourth-order valence-electron chi connectivity index (χ4n) is 4.46. The third-order valence-corrected chi connectivity index (χ3v) is 8.03. The van der Waals surface area contributed by atoms with Crippen LogP contribution < -0.4 is 4.74 Å². The SMILES string of the molecule is O=S(=O)(c1ccc(OC(F)F)cc1)N1CCC(N2CC3(CCC3)C2)CC1. The molecule has 5 nitrogen and oxygen atoms in total. The molecule has 0 N–H and O–H groups in total. The van der Waals surface area contributed by atoms with E-state index in [9.17, 15) is 17.2 Å². The van der Waals surface area contributed by atoms with Crippen molar-refractivity contribution in [1.29, 1.82) is 0 Å². The highest BCUT2D eigenvalue weighted by molar-refractivity contribution is 7.89. The Labute approximate surface area is 153 Å². The van der Waals surface area contributed by atoms with Crippen LogP contribution in [0.4, 0.5) is 8.78 Å². The maximum absolute atomic E-state index is 12.8. The minimum absolute atomic E-state index is 0.0413. The van der Waals surface area contributed by atoms with Crippen LogP contribution in [0.2, 0.25) is 0 Å². The molecule has 2 aliphatic heterocycles. The van der Waals surface area contributed by atoms with Crippen molar-refractivity contribution < 1.29 is 21.9 Å². The minimum Gasteiger partial charge on any atom is -0.435 e. The molecule has 0 bridgehead atoms. The first-order valence-electron chi connectivity index (χ1n) is 9.17. The van der Waals surface area contributed by atoms with E-state index in [4.69, 9.17) is 0 Å². The summed E-state index contributed by atoms with van der Waals surface area (Å²) in [6, 6.07) is 5.67. The van der Waals surface area contributed by atoms with Gasteiger partial charge in [-0.25, -0.2) is 8.42 Å². The molecular formula is C18H24F2N2O3S. The molecule has 0 radical (unpaired) electrons. The standard InChI is InChI=1S/C18H24F2N2O3S/c19-17(20)25-15-2-4-16(5-3-15)26(23,24)22-10-6-14(7-11-22)21-12-18(13-21)8-1-9-18/h2-5,14,17H,1,6-13H2. The van der Waals surface area contributed by atoms with Gasteiger partial charge in [0.25, 0.3) is 0 Å². The Kier molecular flexibility index (Phi) is 4.69. The second kappa shape index (κ2) is 6.73. The quantitative estimate of drug-likeness (QED) is 0.781. The lowest BCUT2D eigenvalue weighted by molar-refractivity contribution is -0.0905. The van der Waals surface area contributed by atoms with Crippen molar-refractivity contribution in [3.05, 3.63) is 24.3 Å². The number of benzene rings is 1. The molecule has 1 aliphatic carbocycles. The molecule has 144 valence electrons. The van der Waals surface area contributed by atoms with Gasteiger partial charge in [-0.2, -0.15) is 13.1 Å². The van der Waals surface area contributed by atoms with Crippen molar-refractivity contribution in [3.8, 4) is 5.75 Å². The number of piperidine rings is 1. The monoisotopic (exact) mass is 386 g/mol. The lowest BCUT2D eigenvalue weighted by atomic mass is 9.63. The Morgan fingerprint density at radius 1 is 1.08 bits per heavy atom. The molecular weight excluding hydrogens is 362 g/mol. The molecule has 0 unspecified atom stereocenters. The van der Waals surface area contributed by atoms with E-state index in [1.54, 1.807) is 0 Å². The number of alkyl halides is 2. The van der Waals surface area contributed by atoms with E-state index >= 15 is 0 Å². The van der Waals surface area contributed by atoms with E-state index in [1.807, 2.05) is 0 Å². The number of halogens is 2. The summed E-state index contributed by atoms with van der Waals surface area (Å²) >= 11 is 0. The molecule has 26 heavy (non-hydrogen) atoms. The lowest BCUT2D eigenvalue weighted by Crippen LogP contribution is -2.64. The van der Waals surface area contributed by atoms with Gasteiger partial charge in [0.05, 0.1) is 4.90 Å². The number of hydrogen-bond acceptors (Lipinski definition) is 4. The van der Waals surface area contributed by atoms with E-state index < -0.39 is 16.6 Å². The van der Waals surface area contributed by atoms with Crippen LogP contribution in [-0.2, 0) is 10.0 Å². The zero-order chi connectivity index (χ0) is 18.4. The van der Waals surface area contributed by atoms with Gasteiger partial charge >= 0.3 is 6.61 Å². The Hall–Kier alpha value is -1.25. The van der Waals surface area contributed by atoms with Gasteiger partial charge in [0.2, 0.25) is 10.0 Å². The molecule has 0 atom stereocenters. The first kappa shape index (κ1) is 18.1. The summed E-state index contributed by atoms with van der Waals surface area (Å²) in [7, 11) is -3.59. The number of nitrogens with zero attached hydrogens (tertiary/aromatic N) is 2. The van der Waals surface area contributed by atoms with E-state index in [1.165, 1.54) is 60.9 Å². The Morgan fingerprint density at radius 2 is 1.69 bits per heavy atom. The van der Waals surface area contributed by atoms with Gasteiger partial charge in [-0.05, 0) is 55.4 Å². The van der Waals surface area contributed by atoms with Crippen LogP contribution in [0, 0.1) is 5.41 Å². The Morgan fingerprint density at radius 3 is 2.19 bits per heavy atom. The summed E-state index contributed by atoms with van der Waals surface area (Å²) in [5.41, 5.74) is 0.589. The van der Waals surface area contributed by atoms with Crippen molar-refractivity contribution in [2.45, 2.75) is 49.7 Å². The fraction of sp³-hybridized carbons (Fsp3) is 0.667. The van der Waals surface area contributed by atoms with Gasteiger partial charge < -0.3 is 4.74 Å². The van der Waals surface area contributed by atoms with Gasteiger partial charge in [0.15, 0.2) is 0 Å². The number of ether oxygens (including phenoxy) is 1. The van der Waals surface area contributed by atoms with Crippen LogP contribution >= 0.6 is 0 Å². The van der Waals surface area contributed by atoms with Crippen LogP contribution in [0.5, 0.6) is 5.75 Å². The average Bonchev–Trinajstić information content (AvgIpc) is 2.53. The summed E-state index contributed by atoms with van der Waals surface area (Å²) < 4.78 is 55.7. The van der Waals surface area contributed by atoms with Crippen LogP contribution in [0.25, 0.3) is 0 Å². The molecule has 0 aromatic heterocycles. The van der Waals surface area contributed by atoms with E-state index in [0.29, 0.717) is 24.5 Å². The highest BCUT2D eigenvalue weighted by atomic mass is 32.2. The minimum atomic E-state index is -3.59. The number of likely N-dealkylation sites (tertiary alicyclic amines) is 1.